The number of aromatic nitrogens is 2. The van der Waals surface area contributed by atoms with Crippen LogP contribution in [-0.4, -0.2) is 16.3 Å². The van der Waals surface area contributed by atoms with Gasteiger partial charge in [-0.3, -0.25) is 0 Å². The van der Waals surface area contributed by atoms with E-state index in [9.17, 15) is 4.39 Å². The van der Waals surface area contributed by atoms with E-state index in [-0.39, 0.29) is 5.82 Å². The summed E-state index contributed by atoms with van der Waals surface area (Å²) in [6.45, 7) is 1.63. The van der Waals surface area contributed by atoms with Gasteiger partial charge in [0.1, 0.15) is 5.82 Å². The molecule has 1 aliphatic rings. The normalized spacial score (nSPS) is 14.6. The quantitative estimate of drug-likeness (QED) is 0.777. The number of nitrogen functional groups attached to an aromatic ring is 1. The van der Waals surface area contributed by atoms with Crippen LogP contribution in [0.5, 0.6) is 0 Å². The lowest BCUT2D eigenvalue weighted by Gasteiger charge is -2.15. The topological polar surface area (TPSA) is 55.9 Å². The standard InChI is InChI=1S/C12H13FN4/c13-8-2-1-3-9(6-8)17-11-4-5-15-7-10(11)12(14)16-17/h1-3,6,15H,4-5,7H2,(H2,14,16). The SMILES string of the molecule is Nc1nn(-c2cccc(F)c2)c2c1CNCC2. The van der Waals surface area contributed by atoms with Crippen LogP contribution < -0.4 is 11.1 Å². The van der Waals surface area contributed by atoms with Gasteiger partial charge in [0.05, 0.1) is 11.4 Å². The fourth-order valence-electron chi connectivity index (χ4n) is 2.20. The predicted molar refractivity (Wildman–Crippen MR) is 63.3 cm³/mol. The van der Waals surface area contributed by atoms with Gasteiger partial charge in [-0.2, -0.15) is 5.10 Å². The Morgan fingerprint density at radius 3 is 3.12 bits per heavy atom. The van der Waals surface area contributed by atoms with E-state index in [0.717, 1.165) is 36.5 Å². The molecule has 0 bridgehead atoms. The molecule has 0 unspecified atom stereocenters. The maximum atomic E-state index is 13.2. The Morgan fingerprint density at radius 1 is 1.41 bits per heavy atom. The van der Waals surface area contributed by atoms with Gasteiger partial charge in [-0.25, -0.2) is 9.07 Å². The van der Waals surface area contributed by atoms with Gasteiger partial charge >= 0.3 is 0 Å². The van der Waals surface area contributed by atoms with E-state index in [4.69, 9.17) is 5.73 Å². The number of nitrogens with zero attached hydrogens (tertiary/aromatic N) is 2. The highest BCUT2D eigenvalue weighted by Gasteiger charge is 2.19. The predicted octanol–water partition coefficient (Wildman–Crippen LogP) is 1.24. The number of fused-ring (bicyclic) bond motifs is 1. The summed E-state index contributed by atoms with van der Waals surface area (Å²) in [6.07, 6.45) is 0.857. The van der Waals surface area contributed by atoms with E-state index in [1.807, 2.05) is 6.07 Å². The van der Waals surface area contributed by atoms with Gasteiger partial charge < -0.3 is 11.1 Å². The molecule has 3 N–H and O–H groups in total. The molecule has 0 aliphatic carbocycles. The third-order valence-electron chi connectivity index (χ3n) is 3.01. The molecule has 0 radical (unpaired) electrons. The lowest BCUT2D eigenvalue weighted by molar-refractivity contribution is 0.614. The molecular weight excluding hydrogens is 219 g/mol. The Kier molecular flexibility index (Phi) is 2.33. The van der Waals surface area contributed by atoms with Crippen molar-refractivity contribution < 1.29 is 4.39 Å². The van der Waals surface area contributed by atoms with Crippen molar-refractivity contribution in [3.8, 4) is 5.69 Å². The molecule has 1 aromatic carbocycles. The molecule has 4 nitrogen and oxygen atoms in total. The number of benzene rings is 1. The van der Waals surface area contributed by atoms with Crippen molar-refractivity contribution in [1.29, 1.82) is 0 Å². The molecule has 2 aromatic rings. The molecule has 17 heavy (non-hydrogen) atoms. The van der Waals surface area contributed by atoms with Crippen LogP contribution in [0.15, 0.2) is 24.3 Å². The first-order valence-corrected chi connectivity index (χ1v) is 5.58. The summed E-state index contributed by atoms with van der Waals surface area (Å²) in [6, 6.07) is 6.40. The van der Waals surface area contributed by atoms with Crippen LogP contribution in [0.1, 0.15) is 11.3 Å². The smallest absolute Gasteiger partial charge is 0.150 e. The molecule has 0 saturated heterocycles. The second-order valence-electron chi connectivity index (χ2n) is 4.13. The number of hydrogen-bond acceptors (Lipinski definition) is 3. The van der Waals surface area contributed by atoms with Crippen molar-refractivity contribution in [2.75, 3.05) is 12.3 Å². The van der Waals surface area contributed by atoms with E-state index in [0.29, 0.717) is 5.82 Å². The first-order chi connectivity index (χ1) is 8.25. The summed E-state index contributed by atoms with van der Waals surface area (Å²) >= 11 is 0. The van der Waals surface area contributed by atoms with Gasteiger partial charge in [0.15, 0.2) is 5.82 Å². The van der Waals surface area contributed by atoms with Gasteiger partial charge in [0.2, 0.25) is 0 Å². The molecule has 0 amide bonds. The van der Waals surface area contributed by atoms with Gasteiger partial charge in [0.25, 0.3) is 0 Å². The Hall–Kier alpha value is -1.88. The van der Waals surface area contributed by atoms with Gasteiger partial charge in [-0.05, 0) is 18.2 Å². The number of anilines is 1. The molecule has 3 rings (SSSR count). The minimum atomic E-state index is -0.265. The van der Waals surface area contributed by atoms with E-state index >= 15 is 0 Å². The maximum absolute atomic E-state index is 13.2. The van der Waals surface area contributed by atoms with Crippen molar-refractivity contribution in [3.63, 3.8) is 0 Å². The largest absolute Gasteiger partial charge is 0.382 e. The van der Waals surface area contributed by atoms with E-state index in [1.165, 1.54) is 12.1 Å². The average Bonchev–Trinajstić information content (AvgIpc) is 2.68. The summed E-state index contributed by atoms with van der Waals surface area (Å²) in [7, 11) is 0. The number of nitrogens with one attached hydrogen (secondary N) is 1. The second kappa shape index (κ2) is 3.85. The monoisotopic (exact) mass is 232 g/mol. The molecule has 0 atom stereocenters. The number of halogens is 1. The first-order valence-electron chi connectivity index (χ1n) is 5.58. The van der Waals surface area contributed by atoms with Crippen LogP contribution >= 0.6 is 0 Å². The average molecular weight is 232 g/mol. The minimum Gasteiger partial charge on any atom is -0.382 e. The Labute approximate surface area is 98.2 Å². The molecule has 1 aromatic heterocycles. The van der Waals surface area contributed by atoms with Gasteiger partial charge in [0, 0.05) is 25.1 Å². The fourth-order valence-corrected chi connectivity index (χ4v) is 2.20. The van der Waals surface area contributed by atoms with E-state index in [2.05, 4.69) is 10.4 Å². The van der Waals surface area contributed by atoms with Crippen LogP contribution in [0.3, 0.4) is 0 Å². The fraction of sp³-hybridized carbons (Fsp3) is 0.250. The van der Waals surface area contributed by atoms with Crippen LogP contribution in [-0.2, 0) is 13.0 Å². The van der Waals surface area contributed by atoms with Gasteiger partial charge in [-0.15, -0.1) is 0 Å². The third kappa shape index (κ3) is 1.68. The summed E-state index contributed by atoms with van der Waals surface area (Å²) in [5.74, 6) is 0.260. The van der Waals surface area contributed by atoms with Crippen molar-refractivity contribution in [1.82, 2.24) is 15.1 Å². The highest BCUT2D eigenvalue weighted by atomic mass is 19.1. The summed E-state index contributed by atoms with van der Waals surface area (Å²) in [4.78, 5) is 0. The van der Waals surface area contributed by atoms with Crippen LogP contribution in [0.2, 0.25) is 0 Å². The van der Waals surface area contributed by atoms with Crippen molar-refractivity contribution in [3.05, 3.63) is 41.3 Å². The van der Waals surface area contributed by atoms with Gasteiger partial charge in [-0.1, -0.05) is 6.07 Å². The Bertz CT molecular complexity index is 562. The van der Waals surface area contributed by atoms with Crippen molar-refractivity contribution in [2.45, 2.75) is 13.0 Å². The zero-order chi connectivity index (χ0) is 11.8. The molecule has 5 heteroatoms. The van der Waals surface area contributed by atoms with Crippen LogP contribution in [0, 0.1) is 5.82 Å². The molecule has 0 spiro atoms. The lowest BCUT2D eigenvalue weighted by atomic mass is 10.1. The molecular formula is C12H13FN4. The zero-order valence-corrected chi connectivity index (χ0v) is 9.28. The number of nitrogens with two attached hydrogens (primary N) is 1. The molecule has 0 fully saturated rings. The maximum Gasteiger partial charge on any atom is 0.150 e. The molecule has 1 aliphatic heterocycles. The van der Waals surface area contributed by atoms with Crippen molar-refractivity contribution in [2.24, 2.45) is 0 Å². The van der Waals surface area contributed by atoms with E-state index < -0.39 is 0 Å². The minimum absolute atomic E-state index is 0.265. The lowest BCUT2D eigenvalue weighted by Crippen LogP contribution is -2.24. The number of rotatable bonds is 1. The highest BCUT2D eigenvalue weighted by Crippen LogP contribution is 2.23. The van der Waals surface area contributed by atoms with Crippen LogP contribution in [0.4, 0.5) is 10.2 Å². The summed E-state index contributed by atoms with van der Waals surface area (Å²) in [5.41, 5.74) is 8.70. The van der Waals surface area contributed by atoms with E-state index in [1.54, 1.807) is 10.7 Å². The Morgan fingerprint density at radius 2 is 2.29 bits per heavy atom. The van der Waals surface area contributed by atoms with Crippen molar-refractivity contribution >= 4 is 5.82 Å². The zero-order valence-electron chi connectivity index (χ0n) is 9.28. The Balaban J connectivity index is 2.15. The molecule has 0 saturated carbocycles. The summed E-state index contributed by atoms with van der Waals surface area (Å²) < 4.78 is 15.0. The molecule has 88 valence electrons. The number of hydrogen-bond donors (Lipinski definition) is 2. The van der Waals surface area contributed by atoms with Crippen LogP contribution in [0.25, 0.3) is 5.69 Å². The summed E-state index contributed by atoms with van der Waals surface area (Å²) in [5, 5.41) is 7.54. The first kappa shape index (κ1) is 10.3. The third-order valence-corrected chi connectivity index (χ3v) is 3.01. The second-order valence-corrected chi connectivity index (χ2v) is 4.13. The molecule has 2 heterocycles. The highest BCUT2D eigenvalue weighted by molar-refractivity contribution is 5.48.